The first kappa shape index (κ1) is 14.2. The van der Waals surface area contributed by atoms with Crippen LogP contribution in [0.25, 0.3) is 0 Å². The first-order chi connectivity index (χ1) is 9.11. The first-order valence-electron chi connectivity index (χ1n) is 5.52. The van der Waals surface area contributed by atoms with Gasteiger partial charge in [0.05, 0.1) is 9.50 Å². The standard InChI is InChI=1S/C13H11BrClFN2O/c1-17-7-8-3-2-4-18-13(8)19-12-6-11(16)10(15)5-9(12)14/h2-6,17H,7H2,1H3. The van der Waals surface area contributed by atoms with Gasteiger partial charge in [0.1, 0.15) is 11.6 Å². The maximum Gasteiger partial charge on any atom is 0.223 e. The Labute approximate surface area is 123 Å². The fourth-order valence-electron chi connectivity index (χ4n) is 1.53. The highest BCUT2D eigenvalue weighted by Gasteiger charge is 2.11. The van der Waals surface area contributed by atoms with Gasteiger partial charge in [0.2, 0.25) is 5.88 Å². The van der Waals surface area contributed by atoms with E-state index in [9.17, 15) is 4.39 Å². The molecule has 6 heteroatoms. The highest BCUT2D eigenvalue weighted by Crippen LogP contribution is 2.34. The Morgan fingerprint density at radius 3 is 3.00 bits per heavy atom. The number of nitrogens with zero attached hydrogens (tertiary/aromatic N) is 1. The van der Waals surface area contributed by atoms with Gasteiger partial charge in [0, 0.05) is 24.4 Å². The van der Waals surface area contributed by atoms with Gasteiger partial charge in [0.15, 0.2) is 0 Å². The van der Waals surface area contributed by atoms with E-state index >= 15 is 0 Å². The molecule has 0 amide bonds. The molecule has 2 aromatic rings. The van der Waals surface area contributed by atoms with Gasteiger partial charge < -0.3 is 10.1 Å². The maximum atomic E-state index is 13.4. The lowest BCUT2D eigenvalue weighted by Gasteiger charge is -2.11. The third kappa shape index (κ3) is 3.43. The molecule has 0 fully saturated rings. The number of halogens is 3. The number of benzene rings is 1. The summed E-state index contributed by atoms with van der Waals surface area (Å²) in [5, 5.41) is 3.06. The van der Waals surface area contributed by atoms with Crippen LogP contribution in [0.3, 0.4) is 0 Å². The lowest BCUT2D eigenvalue weighted by atomic mass is 10.2. The minimum absolute atomic E-state index is 0.0377. The van der Waals surface area contributed by atoms with Crippen LogP contribution in [0.15, 0.2) is 34.9 Å². The van der Waals surface area contributed by atoms with Gasteiger partial charge in [-0.2, -0.15) is 0 Å². The van der Waals surface area contributed by atoms with Crippen molar-refractivity contribution in [3.05, 3.63) is 51.3 Å². The zero-order valence-electron chi connectivity index (χ0n) is 10.1. The summed E-state index contributed by atoms with van der Waals surface area (Å²) < 4.78 is 19.6. The molecule has 0 radical (unpaired) electrons. The fraction of sp³-hybridized carbons (Fsp3) is 0.154. The van der Waals surface area contributed by atoms with Crippen molar-refractivity contribution in [2.75, 3.05) is 7.05 Å². The number of hydrogen-bond donors (Lipinski definition) is 1. The molecule has 0 unspecified atom stereocenters. The number of aromatic nitrogens is 1. The Morgan fingerprint density at radius 2 is 2.26 bits per heavy atom. The van der Waals surface area contributed by atoms with Crippen molar-refractivity contribution >= 4 is 27.5 Å². The summed E-state index contributed by atoms with van der Waals surface area (Å²) in [4.78, 5) is 4.15. The molecule has 0 aliphatic carbocycles. The minimum atomic E-state index is -0.536. The molecule has 19 heavy (non-hydrogen) atoms. The third-order valence-corrected chi connectivity index (χ3v) is 3.31. The second-order valence-electron chi connectivity index (χ2n) is 3.80. The SMILES string of the molecule is CNCc1cccnc1Oc1cc(F)c(Cl)cc1Br. The molecule has 2 rings (SSSR count). The summed E-state index contributed by atoms with van der Waals surface area (Å²) in [5.41, 5.74) is 0.882. The lowest BCUT2D eigenvalue weighted by Crippen LogP contribution is -2.07. The molecule has 1 heterocycles. The molecule has 1 aromatic carbocycles. The Balaban J connectivity index is 2.33. The molecule has 3 nitrogen and oxygen atoms in total. The van der Waals surface area contributed by atoms with Crippen LogP contribution in [-0.2, 0) is 6.54 Å². The predicted molar refractivity (Wildman–Crippen MR) is 76.2 cm³/mol. The van der Waals surface area contributed by atoms with Crippen molar-refractivity contribution in [2.24, 2.45) is 0 Å². The van der Waals surface area contributed by atoms with Crippen molar-refractivity contribution in [3.63, 3.8) is 0 Å². The largest absolute Gasteiger partial charge is 0.437 e. The van der Waals surface area contributed by atoms with Crippen molar-refractivity contribution in [3.8, 4) is 11.6 Å². The van der Waals surface area contributed by atoms with Crippen molar-refractivity contribution in [1.82, 2.24) is 10.3 Å². The molecule has 0 aliphatic heterocycles. The van der Waals surface area contributed by atoms with Gasteiger partial charge >= 0.3 is 0 Å². The smallest absolute Gasteiger partial charge is 0.223 e. The molecule has 0 spiro atoms. The summed E-state index contributed by atoms with van der Waals surface area (Å²) in [7, 11) is 1.83. The van der Waals surface area contributed by atoms with Crippen molar-refractivity contribution < 1.29 is 9.13 Å². The summed E-state index contributed by atoms with van der Waals surface area (Å²) in [6, 6.07) is 6.38. The quantitative estimate of drug-likeness (QED) is 0.845. The average Bonchev–Trinajstić information content (AvgIpc) is 2.38. The molecular formula is C13H11BrClFN2O. The van der Waals surface area contributed by atoms with Crippen LogP contribution in [0.2, 0.25) is 5.02 Å². The first-order valence-corrected chi connectivity index (χ1v) is 6.70. The number of nitrogens with one attached hydrogen (secondary N) is 1. The fourth-order valence-corrected chi connectivity index (χ4v) is 2.25. The monoisotopic (exact) mass is 344 g/mol. The Bertz CT molecular complexity index is 595. The van der Waals surface area contributed by atoms with Crippen LogP contribution in [0, 0.1) is 5.82 Å². The minimum Gasteiger partial charge on any atom is -0.437 e. The van der Waals surface area contributed by atoms with Crippen LogP contribution in [0.1, 0.15) is 5.56 Å². The number of hydrogen-bond acceptors (Lipinski definition) is 3. The normalized spacial score (nSPS) is 10.5. The Kier molecular flexibility index (Phi) is 4.74. The van der Waals surface area contributed by atoms with Crippen molar-refractivity contribution in [1.29, 1.82) is 0 Å². The van der Waals surface area contributed by atoms with Gasteiger partial charge in [-0.1, -0.05) is 17.7 Å². The molecule has 1 aromatic heterocycles. The molecular weight excluding hydrogens is 335 g/mol. The Hall–Kier alpha value is -1.17. The van der Waals surface area contributed by atoms with E-state index in [1.807, 2.05) is 19.2 Å². The predicted octanol–water partition coefficient (Wildman–Crippen LogP) is 4.15. The molecule has 0 saturated carbocycles. The van der Waals surface area contributed by atoms with Gasteiger partial charge in [-0.25, -0.2) is 9.37 Å². The van der Waals surface area contributed by atoms with E-state index in [4.69, 9.17) is 16.3 Å². The van der Waals surface area contributed by atoms with E-state index in [1.165, 1.54) is 12.1 Å². The highest BCUT2D eigenvalue weighted by molar-refractivity contribution is 9.10. The summed E-state index contributed by atoms with van der Waals surface area (Å²) in [5.74, 6) is 0.225. The topological polar surface area (TPSA) is 34.2 Å². The Morgan fingerprint density at radius 1 is 1.47 bits per heavy atom. The number of rotatable bonds is 4. The van der Waals surface area contributed by atoms with E-state index < -0.39 is 5.82 Å². The second-order valence-corrected chi connectivity index (χ2v) is 5.06. The van der Waals surface area contributed by atoms with E-state index in [0.29, 0.717) is 22.6 Å². The lowest BCUT2D eigenvalue weighted by molar-refractivity contribution is 0.447. The summed E-state index contributed by atoms with van der Waals surface area (Å²) in [6.45, 7) is 0.608. The van der Waals surface area contributed by atoms with Gasteiger partial charge in [-0.15, -0.1) is 0 Å². The van der Waals surface area contributed by atoms with E-state index in [0.717, 1.165) is 5.56 Å². The van der Waals surface area contributed by atoms with Crippen LogP contribution >= 0.6 is 27.5 Å². The zero-order valence-corrected chi connectivity index (χ0v) is 12.4. The third-order valence-electron chi connectivity index (χ3n) is 2.40. The molecule has 0 aliphatic rings. The van der Waals surface area contributed by atoms with E-state index in [2.05, 4.69) is 26.2 Å². The molecule has 0 saturated heterocycles. The van der Waals surface area contributed by atoms with Gasteiger partial charge in [-0.3, -0.25) is 0 Å². The molecule has 0 atom stereocenters. The van der Waals surface area contributed by atoms with Crippen LogP contribution in [-0.4, -0.2) is 12.0 Å². The van der Waals surface area contributed by atoms with Crippen LogP contribution in [0.4, 0.5) is 4.39 Å². The van der Waals surface area contributed by atoms with Gasteiger partial charge in [-0.05, 0) is 35.1 Å². The van der Waals surface area contributed by atoms with Crippen LogP contribution < -0.4 is 10.1 Å². The van der Waals surface area contributed by atoms with Crippen LogP contribution in [0.5, 0.6) is 11.6 Å². The van der Waals surface area contributed by atoms with E-state index in [1.54, 1.807) is 6.20 Å². The zero-order chi connectivity index (χ0) is 13.8. The number of ether oxygens (including phenoxy) is 1. The summed E-state index contributed by atoms with van der Waals surface area (Å²) in [6.07, 6.45) is 1.62. The van der Waals surface area contributed by atoms with Crippen molar-refractivity contribution in [2.45, 2.75) is 6.54 Å². The summed E-state index contributed by atoms with van der Waals surface area (Å²) >= 11 is 8.97. The molecule has 100 valence electrons. The van der Waals surface area contributed by atoms with E-state index in [-0.39, 0.29) is 5.02 Å². The highest BCUT2D eigenvalue weighted by atomic mass is 79.9. The average molecular weight is 346 g/mol. The maximum absolute atomic E-state index is 13.4. The molecule has 0 bridgehead atoms. The molecule has 1 N–H and O–H groups in total. The number of pyridine rings is 1. The second kappa shape index (κ2) is 6.32. The van der Waals surface area contributed by atoms with Gasteiger partial charge in [0.25, 0.3) is 0 Å².